The van der Waals surface area contributed by atoms with Gasteiger partial charge in [-0.3, -0.25) is 0 Å². The highest BCUT2D eigenvalue weighted by Gasteiger charge is 2.27. The van der Waals surface area contributed by atoms with Crippen LogP contribution in [-0.4, -0.2) is 35.7 Å². The monoisotopic (exact) mass is 328 g/mol. The first kappa shape index (κ1) is 16.9. The first-order chi connectivity index (χ1) is 10.2. The molecule has 1 heterocycles. The van der Waals surface area contributed by atoms with Gasteiger partial charge in [-0.2, -0.15) is 0 Å². The Kier molecular flexibility index (Phi) is 5.16. The molecule has 0 aliphatic carbocycles. The van der Waals surface area contributed by atoms with Crippen LogP contribution >= 0.6 is 11.6 Å². The SMILES string of the molecule is CC(C)(C)OC(=O)N1CCCC(Nc2cc(Cl)ccc2F)C1. The molecule has 1 amide bonds. The summed E-state index contributed by atoms with van der Waals surface area (Å²) >= 11 is 5.90. The number of amides is 1. The number of hydrogen-bond donors (Lipinski definition) is 1. The number of likely N-dealkylation sites (tertiary alicyclic amines) is 1. The number of hydrogen-bond acceptors (Lipinski definition) is 3. The number of halogens is 2. The highest BCUT2D eigenvalue weighted by molar-refractivity contribution is 6.30. The zero-order valence-electron chi connectivity index (χ0n) is 13.2. The molecule has 1 N–H and O–H groups in total. The molecule has 1 aromatic carbocycles. The summed E-state index contributed by atoms with van der Waals surface area (Å²) < 4.78 is 19.2. The van der Waals surface area contributed by atoms with E-state index in [1.54, 1.807) is 11.0 Å². The summed E-state index contributed by atoms with van der Waals surface area (Å²) in [5.41, 5.74) is -0.153. The molecular weight excluding hydrogens is 307 g/mol. The molecular formula is C16H22ClFN2O2. The Bertz CT molecular complexity index is 545. The first-order valence-electron chi connectivity index (χ1n) is 7.44. The topological polar surface area (TPSA) is 41.6 Å². The second-order valence-corrected chi connectivity index (χ2v) is 6.97. The van der Waals surface area contributed by atoms with Gasteiger partial charge in [-0.25, -0.2) is 9.18 Å². The van der Waals surface area contributed by atoms with Crippen molar-refractivity contribution in [2.45, 2.75) is 45.3 Å². The minimum atomic E-state index is -0.517. The van der Waals surface area contributed by atoms with Gasteiger partial charge in [0.25, 0.3) is 0 Å². The largest absolute Gasteiger partial charge is 0.444 e. The van der Waals surface area contributed by atoms with Crippen molar-refractivity contribution in [3.63, 3.8) is 0 Å². The molecule has 6 heteroatoms. The van der Waals surface area contributed by atoms with Gasteiger partial charge in [0, 0.05) is 24.2 Å². The van der Waals surface area contributed by atoms with E-state index in [1.807, 2.05) is 20.8 Å². The molecule has 0 spiro atoms. The average molecular weight is 329 g/mol. The maximum absolute atomic E-state index is 13.8. The van der Waals surface area contributed by atoms with Crippen molar-refractivity contribution in [1.29, 1.82) is 0 Å². The molecule has 0 bridgehead atoms. The van der Waals surface area contributed by atoms with Crippen LogP contribution in [0.15, 0.2) is 18.2 Å². The average Bonchev–Trinajstić information content (AvgIpc) is 2.41. The fourth-order valence-corrected chi connectivity index (χ4v) is 2.59. The van der Waals surface area contributed by atoms with Crippen LogP contribution in [0.2, 0.25) is 5.02 Å². The number of nitrogens with zero attached hydrogens (tertiary/aromatic N) is 1. The maximum atomic E-state index is 13.8. The summed E-state index contributed by atoms with van der Waals surface area (Å²) in [7, 11) is 0. The third-order valence-corrected chi connectivity index (χ3v) is 3.60. The van der Waals surface area contributed by atoms with Gasteiger partial charge in [0.2, 0.25) is 0 Å². The van der Waals surface area contributed by atoms with Crippen molar-refractivity contribution in [1.82, 2.24) is 4.90 Å². The van der Waals surface area contributed by atoms with Gasteiger partial charge >= 0.3 is 6.09 Å². The van der Waals surface area contributed by atoms with Gasteiger partial charge in [-0.05, 0) is 51.8 Å². The number of piperidine rings is 1. The number of benzene rings is 1. The second-order valence-electron chi connectivity index (χ2n) is 6.53. The van der Waals surface area contributed by atoms with Gasteiger partial charge in [-0.15, -0.1) is 0 Å². The number of rotatable bonds is 2. The summed E-state index contributed by atoms with van der Waals surface area (Å²) in [6.07, 6.45) is 1.38. The van der Waals surface area contributed by atoms with E-state index in [1.165, 1.54) is 12.1 Å². The van der Waals surface area contributed by atoms with E-state index >= 15 is 0 Å². The van der Waals surface area contributed by atoms with E-state index in [-0.39, 0.29) is 18.0 Å². The standard InChI is InChI=1S/C16H22ClFN2O2/c1-16(2,3)22-15(21)20-8-4-5-12(10-20)19-14-9-11(17)6-7-13(14)18/h6-7,9,12,19H,4-5,8,10H2,1-3H3. The van der Waals surface area contributed by atoms with Crippen LogP contribution in [0.4, 0.5) is 14.9 Å². The Hall–Kier alpha value is -1.49. The molecule has 1 unspecified atom stereocenters. The minimum absolute atomic E-state index is 0.0192. The highest BCUT2D eigenvalue weighted by Crippen LogP contribution is 2.23. The third kappa shape index (κ3) is 4.77. The van der Waals surface area contributed by atoms with Crippen LogP contribution in [-0.2, 0) is 4.74 Å². The van der Waals surface area contributed by atoms with E-state index in [9.17, 15) is 9.18 Å². The fourth-order valence-electron chi connectivity index (χ4n) is 2.42. The van der Waals surface area contributed by atoms with E-state index in [2.05, 4.69) is 5.32 Å². The smallest absolute Gasteiger partial charge is 0.410 e. The van der Waals surface area contributed by atoms with Crippen LogP contribution in [0.1, 0.15) is 33.6 Å². The molecule has 0 aromatic heterocycles. The van der Waals surface area contributed by atoms with Crippen molar-refractivity contribution < 1.29 is 13.9 Å². The molecule has 22 heavy (non-hydrogen) atoms. The maximum Gasteiger partial charge on any atom is 0.410 e. The molecule has 1 aromatic rings. The number of carbonyl (C=O) groups excluding carboxylic acids is 1. The van der Waals surface area contributed by atoms with Crippen molar-refractivity contribution in [3.05, 3.63) is 29.0 Å². The Morgan fingerprint density at radius 2 is 2.18 bits per heavy atom. The van der Waals surface area contributed by atoms with Crippen molar-refractivity contribution in [3.8, 4) is 0 Å². The molecule has 0 saturated carbocycles. The lowest BCUT2D eigenvalue weighted by Gasteiger charge is -2.34. The molecule has 4 nitrogen and oxygen atoms in total. The van der Waals surface area contributed by atoms with Gasteiger partial charge in [-0.1, -0.05) is 11.6 Å². The summed E-state index contributed by atoms with van der Waals surface area (Å²) in [5.74, 6) is -0.348. The molecule has 1 fully saturated rings. The lowest BCUT2D eigenvalue weighted by molar-refractivity contribution is 0.0206. The second kappa shape index (κ2) is 6.73. The summed E-state index contributed by atoms with van der Waals surface area (Å²) in [6, 6.07) is 4.38. The highest BCUT2D eigenvalue weighted by atomic mass is 35.5. The molecule has 1 saturated heterocycles. The zero-order chi connectivity index (χ0) is 16.3. The Morgan fingerprint density at radius 3 is 2.86 bits per heavy atom. The van der Waals surface area contributed by atoms with E-state index in [0.717, 1.165) is 12.8 Å². The molecule has 1 atom stereocenters. The zero-order valence-corrected chi connectivity index (χ0v) is 13.9. The van der Waals surface area contributed by atoms with E-state index in [0.29, 0.717) is 23.8 Å². The van der Waals surface area contributed by atoms with Crippen molar-refractivity contribution in [2.75, 3.05) is 18.4 Å². The Labute approximate surface area is 135 Å². The lowest BCUT2D eigenvalue weighted by Crippen LogP contribution is -2.47. The molecule has 122 valence electrons. The fraction of sp³-hybridized carbons (Fsp3) is 0.562. The number of ether oxygens (including phenoxy) is 1. The van der Waals surface area contributed by atoms with Crippen LogP contribution < -0.4 is 5.32 Å². The predicted octanol–water partition coefficient (Wildman–Crippen LogP) is 4.29. The molecule has 1 aliphatic rings. The van der Waals surface area contributed by atoms with E-state index in [4.69, 9.17) is 16.3 Å². The Morgan fingerprint density at radius 1 is 1.45 bits per heavy atom. The number of anilines is 1. The minimum Gasteiger partial charge on any atom is -0.444 e. The number of nitrogens with one attached hydrogen (secondary N) is 1. The van der Waals surface area contributed by atoms with Crippen molar-refractivity contribution in [2.24, 2.45) is 0 Å². The third-order valence-electron chi connectivity index (χ3n) is 3.36. The molecule has 0 radical (unpaired) electrons. The van der Waals surface area contributed by atoms with Gasteiger partial charge in [0.1, 0.15) is 11.4 Å². The molecule has 1 aliphatic heterocycles. The summed E-state index contributed by atoms with van der Waals surface area (Å²) in [6.45, 7) is 6.66. The van der Waals surface area contributed by atoms with Crippen molar-refractivity contribution >= 4 is 23.4 Å². The van der Waals surface area contributed by atoms with Gasteiger partial charge < -0.3 is 15.0 Å². The van der Waals surface area contributed by atoms with Crippen LogP contribution in [0.25, 0.3) is 0 Å². The lowest BCUT2D eigenvalue weighted by atomic mass is 10.1. The number of carbonyl (C=O) groups is 1. The normalized spacial score (nSPS) is 19.0. The van der Waals surface area contributed by atoms with Gasteiger partial charge in [0.05, 0.1) is 5.69 Å². The predicted molar refractivity (Wildman–Crippen MR) is 85.9 cm³/mol. The summed E-state index contributed by atoms with van der Waals surface area (Å²) in [4.78, 5) is 13.8. The summed E-state index contributed by atoms with van der Waals surface area (Å²) in [5, 5.41) is 3.60. The van der Waals surface area contributed by atoms with Crippen LogP contribution in [0, 0.1) is 5.82 Å². The Balaban J connectivity index is 1.98. The first-order valence-corrected chi connectivity index (χ1v) is 7.82. The quantitative estimate of drug-likeness (QED) is 0.880. The van der Waals surface area contributed by atoms with Crippen LogP contribution in [0.5, 0.6) is 0 Å². The van der Waals surface area contributed by atoms with E-state index < -0.39 is 5.60 Å². The molecule has 2 rings (SSSR count). The van der Waals surface area contributed by atoms with Crippen LogP contribution in [0.3, 0.4) is 0 Å². The van der Waals surface area contributed by atoms with Gasteiger partial charge in [0.15, 0.2) is 0 Å².